The summed E-state index contributed by atoms with van der Waals surface area (Å²) in [4.78, 5) is 4.66. The van der Waals surface area contributed by atoms with Crippen LogP contribution < -0.4 is 0 Å². The van der Waals surface area contributed by atoms with E-state index in [-0.39, 0.29) is 6.42 Å². The third-order valence-corrected chi connectivity index (χ3v) is 4.48. The van der Waals surface area contributed by atoms with Crippen molar-refractivity contribution in [2.24, 2.45) is 5.41 Å². The molecule has 0 aliphatic heterocycles. The number of rotatable bonds is 3. The van der Waals surface area contributed by atoms with Crippen molar-refractivity contribution in [3.8, 4) is 11.3 Å². The van der Waals surface area contributed by atoms with E-state index >= 15 is 0 Å². The molecule has 0 N–H and O–H groups in total. The van der Waals surface area contributed by atoms with Gasteiger partial charge in [0.25, 0.3) is 0 Å². The Kier molecular flexibility index (Phi) is 4.31. The quantitative estimate of drug-likeness (QED) is 0.540. The van der Waals surface area contributed by atoms with Gasteiger partial charge in [0.1, 0.15) is 0 Å². The van der Waals surface area contributed by atoms with E-state index in [1.54, 1.807) is 12.1 Å². The minimum absolute atomic E-state index is 0.0667. The molecule has 0 amide bonds. The topological polar surface area (TPSA) is 12.9 Å². The normalized spacial score (nSPS) is 12.6. The van der Waals surface area contributed by atoms with E-state index in [4.69, 9.17) is 0 Å². The number of pyridine rings is 1. The Morgan fingerprint density at radius 1 is 0.920 bits per heavy atom. The molecule has 0 aliphatic rings. The number of halogens is 3. The molecule has 0 saturated carbocycles. The first-order chi connectivity index (χ1) is 11.7. The highest BCUT2D eigenvalue weighted by atomic mass is 19.4. The lowest BCUT2D eigenvalue weighted by molar-refractivity contribution is -0.211. The lowest BCUT2D eigenvalue weighted by atomic mass is 9.85. The average molecular weight is 343 g/mol. The molecule has 2 aromatic carbocycles. The summed E-state index contributed by atoms with van der Waals surface area (Å²) in [6.45, 7) is 4.48. The highest BCUT2D eigenvalue weighted by Gasteiger charge is 2.46. The van der Waals surface area contributed by atoms with Gasteiger partial charge in [0.15, 0.2) is 0 Å². The third kappa shape index (κ3) is 3.68. The molecular weight excluding hydrogens is 323 g/mol. The fourth-order valence-corrected chi connectivity index (χ4v) is 2.85. The lowest BCUT2D eigenvalue weighted by Gasteiger charge is -2.27. The van der Waals surface area contributed by atoms with Crippen molar-refractivity contribution in [3.05, 3.63) is 65.7 Å². The predicted octanol–water partition coefficient (Wildman–Crippen LogP) is 6.34. The van der Waals surface area contributed by atoms with Crippen LogP contribution in [0.4, 0.5) is 13.2 Å². The molecule has 0 atom stereocenters. The Bertz CT molecular complexity index is 910. The van der Waals surface area contributed by atoms with Crippen LogP contribution in [0.3, 0.4) is 0 Å². The van der Waals surface area contributed by atoms with Crippen molar-refractivity contribution in [2.45, 2.75) is 33.4 Å². The summed E-state index contributed by atoms with van der Waals surface area (Å²) in [5.74, 6) is 0. The molecule has 0 unspecified atom stereocenters. The molecule has 3 rings (SSSR count). The van der Waals surface area contributed by atoms with Crippen molar-refractivity contribution in [2.75, 3.05) is 0 Å². The van der Waals surface area contributed by atoms with Crippen LogP contribution in [0.5, 0.6) is 0 Å². The molecule has 0 aliphatic carbocycles. The number of fused-ring (bicyclic) bond motifs is 1. The van der Waals surface area contributed by atoms with E-state index in [0.29, 0.717) is 5.56 Å². The van der Waals surface area contributed by atoms with E-state index < -0.39 is 11.6 Å². The maximum atomic E-state index is 13.1. The Balaban J connectivity index is 1.99. The minimum Gasteiger partial charge on any atom is -0.248 e. The van der Waals surface area contributed by atoms with Crippen molar-refractivity contribution >= 4 is 10.9 Å². The highest BCUT2D eigenvalue weighted by molar-refractivity contribution is 5.82. The SMILES string of the molecule is Cc1cccc(-c2ccc3ccc(CC(C)(C)C(F)(F)F)cc3n2)c1. The van der Waals surface area contributed by atoms with E-state index in [2.05, 4.69) is 4.98 Å². The fraction of sp³-hybridized carbons (Fsp3) is 0.286. The smallest absolute Gasteiger partial charge is 0.248 e. The van der Waals surface area contributed by atoms with Gasteiger partial charge in [-0.05, 0) is 37.1 Å². The van der Waals surface area contributed by atoms with Gasteiger partial charge in [-0.1, -0.05) is 55.8 Å². The monoisotopic (exact) mass is 343 g/mol. The van der Waals surface area contributed by atoms with Gasteiger partial charge in [0, 0.05) is 10.9 Å². The van der Waals surface area contributed by atoms with Crippen LogP contribution >= 0.6 is 0 Å². The summed E-state index contributed by atoms with van der Waals surface area (Å²) in [6.07, 6.45) is -4.30. The van der Waals surface area contributed by atoms with E-state index in [1.165, 1.54) is 13.8 Å². The van der Waals surface area contributed by atoms with Gasteiger partial charge in [-0.15, -0.1) is 0 Å². The van der Waals surface area contributed by atoms with Gasteiger partial charge in [-0.25, -0.2) is 4.98 Å². The number of hydrogen-bond donors (Lipinski definition) is 0. The molecule has 1 nitrogen and oxygen atoms in total. The summed E-state index contributed by atoms with van der Waals surface area (Å²) in [5, 5.41) is 0.921. The van der Waals surface area contributed by atoms with E-state index in [0.717, 1.165) is 27.7 Å². The Morgan fingerprint density at radius 2 is 1.64 bits per heavy atom. The maximum absolute atomic E-state index is 13.1. The molecule has 1 aromatic heterocycles. The zero-order chi connectivity index (χ0) is 18.2. The summed E-state index contributed by atoms with van der Waals surface area (Å²) in [5.41, 5.74) is 2.55. The molecule has 4 heteroatoms. The average Bonchev–Trinajstić information content (AvgIpc) is 2.52. The summed E-state index contributed by atoms with van der Waals surface area (Å²) < 4.78 is 39.4. The molecule has 3 aromatic rings. The van der Waals surface area contributed by atoms with E-state index in [1.807, 2.05) is 49.4 Å². The fourth-order valence-electron chi connectivity index (χ4n) is 2.85. The Labute approximate surface area is 145 Å². The van der Waals surface area contributed by atoms with Crippen LogP contribution in [-0.2, 0) is 6.42 Å². The lowest BCUT2D eigenvalue weighted by Crippen LogP contribution is -2.34. The van der Waals surface area contributed by atoms with Gasteiger partial charge in [0.05, 0.1) is 16.6 Å². The number of nitrogens with zero attached hydrogens (tertiary/aromatic N) is 1. The molecule has 0 radical (unpaired) electrons. The van der Waals surface area contributed by atoms with Gasteiger partial charge < -0.3 is 0 Å². The van der Waals surface area contributed by atoms with Gasteiger partial charge in [0.2, 0.25) is 0 Å². The second kappa shape index (κ2) is 6.17. The Hall–Kier alpha value is -2.36. The number of alkyl halides is 3. The molecule has 0 saturated heterocycles. The van der Waals surface area contributed by atoms with Crippen molar-refractivity contribution in [1.82, 2.24) is 4.98 Å². The maximum Gasteiger partial charge on any atom is 0.394 e. The van der Waals surface area contributed by atoms with Crippen LogP contribution in [0.1, 0.15) is 25.0 Å². The summed E-state index contributed by atoms with van der Waals surface area (Å²) in [6, 6.07) is 17.3. The molecule has 1 heterocycles. The molecule has 0 bridgehead atoms. The first kappa shape index (κ1) is 17.5. The zero-order valence-electron chi connectivity index (χ0n) is 14.5. The second-order valence-corrected chi connectivity index (χ2v) is 7.15. The van der Waals surface area contributed by atoms with Crippen LogP contribution in [0.2, 0.25) is 0 Å². The predicted molar refractivity (Wildman–Crippen MR) is 95.5 cm³/mol. The van der Waals surface area contributed by atoms with Crippen molar-refractivity contribution < 1.29 is 13.2 Å². The van der Waals surface area contributed by atoms with Crippen molar-refractivity contribution in [1.29, 1.82) is 0 Å². The number of aromatic nitrogens is 1. The van der Waals surface area contributed by atoms with Crippen molar-refractivity contribution in [3.63, 3.8) is 0 Å². The molecule has 0 spiro atoms. The highest BCUT2D eigenvalue weighted by Crippen LogP contribution is 2.40. The first-order valence-electron chi connectivity index (χ1n) is 8.19. The summed E-state index contributed by atoms with van der Waals surface area (Å²) >= 11 is 0. The van der Waals surface area contributed by atoms with Crippen LogP contribution in [0, 0.1) is 12.3 Å². The molecule has 25 heavy (non-hydrogen) atoms. The number of benzene rings is 2. The summed E-state index contributed by atoms with van der Waals surface area (Å²) in [7, 11) is 0. The van der Waals surface area contributed by atoms with Crippen LogP contribution in [0.15, 0.2) is 54.6 Å². The minimum atomic E-state index is -4.24. The zero-order valence-corrected chi connectivity index (χ0v) is 14.5. The molecular formula is C21H20F3N. The van der Waals surface area contributed by atoms with Gasteiger partial charge >= 0.3 is 6.18 Å². The third-order valence-electron chi connectivity index (χ3n) is 4.48. The van der Waals surface area contributed by atoms with E-state index in [9.17, 15) is 13.2 Å². The van der Waals surface area contributed by atoms with Crippen LogP contribution in [-0.4, -0.2) is 11.2 Å². The van der Waals surface area contributed by atoms with Crippen LogP contribution in [0.25, 0.3) is 22.2 Å². The number of aryl methyl sites for hydroxylation is 1. The van der Waals surface area contributed by atoms with Gasteiger partial charge in [-0.2, -0.15) is 13.2 Å². The largest absolute Gasteiger partial charge is 0.394 e. The Morgan fingerprint density at radius 3 is 2.32 bits per heavy atom. The molecule has 130 valence electrons. The standard InChI is InChI=1S/C21H20F3N/c1-14-5-4-6-17(11-14)18-10-9-16-8-7-15(12-19(16)25-18)13-20(2,3)21(22,23)24/h4-12H,13H2,1-3H3. The second-order valence-electron chi connectivity index (χ2n) is 7.15. The first-order valence-corrected chi connectivity index (χ1v) is 8.19. The molecule has 0 fully saturated rings. The van der Waals surface area contributed by atoms with Gasteiger partial charge in [-0.3, -0.25) is 0 Å². The number of hydrogen-bond acceptors (Lipinski definition) is 1.